The van der Waals surface area contributed by atoms with Crippen molar-refractivity contribution < 1.29 is 19.7 Å². The summed E-state index contributed by atoms with van der Waals surface area (Å²) in [7, 11) is 0. The molecule has 5 saturated carbocycles. The van der Waals surface area contributed by atoms with E-state index in [4.69, 9.17) is 4.74 Å². The number of fused-ring (bicyclic) bond motifs is 2. The van der Waals surface area contributed by atoms with Gasteiger partial charge in [0, 0.05) is 17.8 Å². The van der Waals surface area contributed by atoms with Crippen LogP contribution in [-0.4, -0.2) is 34.5 Å². The van der Waals surface area contributed by atoms with Gasteiger partial charge in [0.1, 0.15) is 12.2 Å². The molecule has 11 atom stereocenters. The number of ether oxygens (including phenoxy) is 1. The molecular weight excluding hydrogens is 448 g/mol. The van der Waals surface area contributed by atoms with Crippen LogP contribution in [0.25, 0.3) is 0 Å². The van der Waals surface area contributed by atoms with E-state index in [1.165, 1.54) is 57.4 Å². The van der Waals surface area contributed by atoms with Gasteiger partial charge in [-0.25, -0.2) is 0 Å². The van der Waals surface area contributed by atoms with Crippen molar-refractivity contribution in [1.29, 1.82) is 0 Å². The third-order valence-corrected chi connectivity index (χ3v) is 13.3. The van der Waals surface area contributed by atoms with E-state index in [0.29, 0.717) is 11.3 Å². The first-order valence-electron chi connectivity index (χ1n) is 14.9. The van der Waals surface area contributed by atoms with E-state index in [1.54, 1.807) is 0 Å². The number of esters is 1. The number of carbonyl (C=O) groups is 1. The van der Waals surface area contributed by atoms with Crippen LogP contribution in [0.4, 0.5) is 0 Å². The molecule has 5 rings (SSSR count). The smallest absolute Gasteiger partial charge is 0.303 e. The second kappa shape index (κ2) is 8.31. The molecule has 2 N–H and O–H groups in total. The molecule has 0 aliphatic heterocycles. The number of aliphatic hydroxyl groups is 2. The summed E-state index contributed by atoms with van der Waals surface area (Å²) in [5, 5.41) is 23.1. The summed E-state index contributed by atoms with van der Waals surface area (Å²) >= 11 is 0. The summed E-state index contributed by atoms with van der Waals surface area (Å²) in [6, 6.07) is 0. The Morgan fingerprint density at radius 2 is 1.64 bits per heavy atom. The maximum Gasteiger partial charge on any atom is 0.303 e. The maximum absolute atomic E-state index is 11.9. The summed E-state index contributed by atoms with van der Waals surface area (Å²) in [5.41, 5.74) is 1.61. The molecule has 4 nitrogen and oxygen atoms in total. The Morgan fingerprint density at radius 1 is 0.972 bits per heavy atom. The van der Waals surface area contributed by atoms with Gasteiger partial charge in [-0.05, 0) is 112 Å². The molecule has 5 fully saturated rings. The molecule has 0 heterocycles. The molecule has 0 aromatic carbocycles. The van der Waals surface area contributed by atoms with E-state index in [-0.39, 0.29) is 33.5 Å². The molecule has 0 aromatic heterocycles. The van der Waals surface area contributed by atoms with Crippen LogP contribution in [0.15, 0.2) is 11.6 Å². The lowest BCUT2D eigenvalue weighted by molar-refractivity contribution is -0.244. The fraction of sp³-hybridized carbons (Fsp3) is 0.906. The molecule has 0 amide bonds. The summed E-state index contributed by atoms with van der Waals surface area (Å²) in [6.45, 7) is 17.9. The van der Waals surface area contributed by atoms with E-state index in [0.717, 1.165) is 24.7 Å². The van der Waals surface area contributed by atoms with Gasteiger partial charge in [-0.3, -0.25) is 4.79 Å². The van der Waals surface area contributed by atoms with Gasteiger partial charge in [-0.2, -0.15) is 0 Å². The Balaban J connectivity index is 1.44. The van der Waals surface area contributed by atoms with Crippen molar-refractivity contribution in [2.24, 2.45) is 50.7 Å². The molecule has 0 radical (unpaired) electrons. The summed E-state index contributed by atoms with van der Waals surface area (Å²) in [6.07, 6.45) is 10.8. The van der Waals surface area contributed by atoms with Crippen LogP contribution in [0, 0.1) is 50.7 Å². The van der Waals surface area contributed by atoms with Crippen LogP contribution in [0.1, 0.15) is 113 Å². The van der Waals surface area contributed by atoms with Gasteiger partial charge in [0.15, 0.2) is 0 Å². The first-order chi connectivity index (χ1) is 16.7. The SMILES string of the molecule is CC(=O)OC1C(O)C(O)C23CC24CCC2(C)C(C(C)CCC=C(C)C)CCC2(C)C4CCC3C1(C)C. The highest BCUT2D eigenvalue weighted by Crippen LogP contribution is 2.89. The Labute approximate surface area is 219 Å². The zero-order chi connectivity index (χ0) is 26.5. The van der Waals surface area contributed by atoms with Gasteiger partial charge in [0.05, 0.1) is 6.10 Å². The van der Waals surface area contributed by atoms with Gasteiger partial charge in [-0.15, -0.1) is 0 Å². The number of aliphatic hydroxyl groups excluding tert-OH is 2. The summed E-state index contributed by atoms with van der Waals surface area (Å²) < 4.78 is 5.67. The minimum Gasteiger partial charge on any atom is -0.459 e. The van der Waals surface area contributed by atoms with E-state index in [9.17, 15) is 15.0 Å². The fourth-order valence-corrected chi connectivity index (χ4v) is 11.6. The minimum absolute atomic E-state index is 0.128. The number of hydrogen-bond donors (Lipinski definition) is 2. The van der Waals surface area contributed by atoms with Crippen molar-refractivity contribution >= 4 is 5.97 Å². The van der Waals surface area contributed by atoms with E-state index >= 15 is 0 Å². The van der Waals surface area contributed by atoms with Gasteiger partial charge >= 0.3 is 5.97 Å². The lowest BCUT2D eigenvalue weighted by atomic mass is 9.41. The second-order valence-corrected chi connectivity index (χ2v) is 15.2. The van der Waals surface area contributed by atoms with Crippen molar-refractivity contribution in [3.8, 4) is 0 Å². The highest BCUT2D eigenvalue weighted by Gasteiger charge is 2.86. The average molecular weight is 501 g/mol. The first-order valence-corrected chi connectivity index (χ1v) is 14.9. The molecule has 0 saturated heterocycles. The van der Waals surface area contributed by atoms with E-state index < -0.39 is 18.3 Å². The highest BCUT2D eigenvalue weighted by molar-refractivity contribution is 5.66. The Morgan fingerprint density at radius 3 is 2.28 bits per heavy atom. The van der Waals surface area contributed by atoms with Crippen LogP contribution in [0.3, 0.4) is 0 Å². The monoisotopic (exact) mass is 500 g/mol. The number of carbonyl (C=O) groups excluding carboxylic acids is 1. The lowest BCUT2D eigenvalue weighted by Gasteiger charge is -2.64. The maximum atomic E-state index is 11.9. The van der Waals surface area contributed by atoms with Crippen molar-refractivity contribution in [1.82, 2.24) is 0 Å². The molecule has 36 heavy (non-hydrogen) atoms. The summed E-state index contributed by atoms with van der Waals surface area (Å²) in [5.74, 6) is 2.02. The van der Waals surface area contributed by atoms with E-state index in [1.807, 2.05) is 0 Å². The highest BCUT2D eigenvalue weighted by atomic mass is 16.6. The molecule has 5 aliphatic rings. The molecule has 2 spiro atoms. The Hall–Kier alpha value is -0.870. The van der Waals surface area contributed by atoms with Crippen molar-refractivity contribution in [3.63, 3.8) is 0 Å². The lowest BCUT2D eigenvalue weighted by Crippen LogP contribution is -2.66. The van der Waals surface area contributed by atoms with Crippen LogP contribution in [0.5, 0.6) is 0 Å². The van der Waals surface area contributed by atoms with E-state index in [2.05, 4.69) is 54.5 Å². The van der Waals surface area contributed by atoms with Crippen LogP contribution in [0.2, 0.25) is 0 Å². The van der Waals surface area contributed by atoms with Gasteiger partial charge in [-0.1, -0.05) is 46.3 Å². The molecule has 5 aliphatic carbocycles. The number of rotatable bonds is 5. The second-order valence-electron chi connectivity index (χ2n) is 15.2. The quantitative estimate of drug-likeness (QED) is 0.326. The zero-order valence-corrected chi connectivity index (χ0v) is 24.2. The Bertz CT molecular complexity index is 934. The normalized spacial score (nSPS) is 51.2. The Kier molecular flexibility index (Phi) is 6.17. The standard InChI is InChI=1S/C32H52O4/c1-19(2)10-9-11-20(3)22-14-15-30(8)24-13-12-23-28(5,6)27(36-21(4)33)25(34)26(35)32(23)18-31(24,32)17-16-29(22,30)7/h10,20,22-27,34-35H,9,11-18H2,1-8H3. The molecule has 204 valence electrons. The van der Waals surface area contributed by atoms with Crippen LogP contribution in [-0.2, 0) is 9.53 Å². The predicted molar refractivity (Wildman–Crippen MR) is 143 cm³/mol. The number of allylic oxidation sites excluding steroid dienone is 2. The van der Waals surface area contributed by atoms with Gasteiger partial charge < -0.3 is 14.9 Å². The topological polar surface area (TPSA) is 66.8 Å². The van der Waals surface area contributed by atoms with Crippen molar-refractivity contribution in [3.05, 3.63) is 11.6 Å². The van der Waals surface area contributed by atoms with Crippen LogP contribution >= 0.6 is 0 Å². The molecule has 0 aromatic rings. The van der Waals surface area contributed by atoms with Gasteiger partial charge in [0.25, 0.3) is 0 Å². The average Bonchev–Trinajstić information content (AvgIpc) is 3.40. The molecule has 4 heteroatoms. The first kappa shape index (κ1) is 26.7. The third-order valence-electron chi connectivity index (χ3n) is 13.3. The fourth-order valence-electron chi connectivity index (χ4n) is 11.6. The molecule has 11 unspecified atom stereocenters. The minimum atomic E-state index is -1.01. The van der Waals surface area contributed by atoms with Crippen molar-refractivity contribution in [2.45, 2.75) is 131 Å². The number of hydrogen-bond acceptors (Lipinski definition) is 4. The zero-order valence-electron chi connectivity index (χ0n) is 24.2. The van der Waals surface area contributed by atoms with Gasteiger partial charge in [0.2, 0.25) is 0 Å². The molecule has 0 bridgehead atoms. The van der Waals surface area contributed by atoms with Crippen molar-refractivity contribution in [2.75, 3.05) is 0 Å². The molecular formula is C32H52O4. The third kappa shape index (κ3) is 3.22. The van der Waals surface area contributed by atoms with Crippen LogP contribution < -0.4 is 0 Å². The largest absolute Gasteiger partial charge is 0.459 e. The summed E-state index contributed by atoms with van der Waals surface area (Å²) in [4.78, 5) is 11.9. The predicted octanol–water partition coefficient (Wildman–Crippen LogP) is 6.68.